The molecule has 0 amide bonds. The van der Waals surface area contributed by atoms with Crippen molar-refractivity contribution in [3.05, 3.63) is 35.4 Å². The van der Waals surface area contributed by atoms with E-state index in [2.05, 4.69) is 29.5 Å². The van der Waals surface area contributed by atoms with Crippen molar-refractivity contribution in [2.24, 2.45) is 0 Å². The molecule has 1 heterocycles. The second kappa shape index (κ2) is 4.51. The van der Waals surface area contributed by atoms with Gasteiger partial charge in [-0.3, -0.25) is 0 Å². The van der Waals surface area contributed by atoms with Crippen LogP contribution in [0.15, 0.2) is 24.3 Å². The largest absolute Gasteiger partial charge is 0.453 e. The topological polar surface area (TPSA) is 26.3 Å². The van der Waals surface area contributed by atoms with Gasteiger partial charge in [-0.05, 0) is 12.5 Å². The zero-order chi connectivity index (χ0) is 10.8. The molecule has 0 saturated heterocycles. The van der Waals surface area contributed by atoms with Gasteiger partial charge in [-0.2, -0.15) is 0 Å². The van der Waals surface area contributed by atoms with Gasteiger partial charge < -0.3 is 4.74 Å². The van der Waals surface area contributed by atoms with Crippen molar-refractivity contribution in [1.29, 1.82) is 0 Å². The minimum atomic E-state index is -0.173. The van der Waals surface area contributed by atoms with E-state index in [4.69, 9.17) is 4.74 Å². The molecule has 1 aromatic rings. The molecule has 1 aromatic carbocycles. The summed E-state index contributed by atoms with van der Waals surface area (Å²) < 4.78 is 5.77. The molecule has 3 heteroatoms. The highest BCUT2D eigenvalue weighted by atomic mass is 127. The SMILES string of the molecule is CCC[C@H](I)[C@H]1OC(=O)c2ccccc21. The number of fused-ring (bicyclic) bond motifs is 1. The molecule has 0 fully saturated rings. The molecule has 0 bridgehead atoms. The van der Waals surface area contributed by atoms with Crippen LogP contribution in [0.3, 0.4) is 0 Å². The lowest BCUT2D eigenvalue weighted by Gasteiger charge is -2.16. The maximum absolute atomic E-state index is 11.6. The van der Waals surface area contributed by atoms with Crippen LogP contribution >= 0.6 is 22.6 Å². The molecular weight excluding hydrogens is 303 g/mol. The highest BCUT2D eigenvalue weighted by Gasteiger charge is 2.34. The van der Waals surface area contributed by atoms with Crippen molar-refractivity contribution in [3.63, 3.8) is 0 Å². The average molecular weight is 316 g/mol. The molecule has 1 aliphatic rings. The lowest BCUT2D eigenvalue weighted by molar-refractivity contribution is 0.0386. The van der Waals surface area contributed by atoms with Crippen LogP contribution in [0.1, 0.15) is 41.8 Å². The predicted octanol–water partition coefficient (Wildman–Crippen LogP) is 3.50. The standard InChI is InChI=1S/C12H13IO2/c1-2-5-10(13)11-8-6-3-4-7-9(8)12(14)15-11/h3-4,6-7,10-11H,2,5H2,1H3/t10-,11-/m0/s1. The molecule has 1 aliphatic heterocycles. The van der Waals surface area contributed by atoms with Crippen LogP contribution in [0.2, 0.25) is 0 Å². The number of ether oxygens (including phenoxy) is 1. The van der Waals surface area contributed by atoms with Crippen LogP contribution in [0.4, 0.5) is 0 Å². The summed E-state index contributed by atoms with van der Waals surface area (Å²) in [5.41, 5.74) is 1.79. The predicted molar refractivity (Wildman–Crippen MR) is 67.3 cm³/mol. The van der Waals surface area contributed by atoms with Crippen LogP contribution in [-0.2, 0) is 4.74 Å². The fraction of sp³-hybridized carbons (Fsp3) is 0.417. The Bertz CT molecular complexity index is 376. The highest BCUT2D eigenvalue weighted by Crippen LogP contribution is 2.37. The summed E-state index contributed by atoms with van der Waals surface area (Å²) in [7, 11) is 0. The summed E-state index contributed by atoms with van der Waals surface area (Å²) in [6, 6.07) is 7.67. The van der Waals surface area contributed by atoms with E-state index < -0.39 is 0 Å². The second-order valence-corrected chi connectivity index (χ2v) is 5.32. The number of cyclic esters (lactones) is 1. The second-order valence-electron chi connectivity index (χ2n) is 3.72. The van der Waals surface area contributed by atoms with Crippen molar-refractivity contribution >= 4 is 28.6 Å². The number of esters is 1. The fourth-order valence-corrected chi connectivity index (χ4v) is 3.03. The molecule has 0 aliphatic carbocycles. The number of carbonyl (C=O) groups is 1. The highest BCUT2D eigenvalue weighted by molar-refractivity contribution is 14.1. The van der Waals surface area contributed by atoms with E-state index in [-0.39, 0.29) is 12.1 Å². The van der Waals surface area contributed by atoms with E-state index in [9.17, 15) is 4.79 Å². The molecular formula is C12H13IO2. The third-order valence-electron chi connectivity index (χ3n) is 2.61. The van der Waals surface area contributed by atoms with E-state index in [0.29, 0.717) is 3.92 Å². The Hall–Kier alpha value is -0.580. The van der Waals surface area contributed by atoms with Crippen molar-refractivity contribution in [1.82, 2.24) is 0 Å². The molecule has 80 valence electrons. The normalized spacial score (nSPS) is 20.9. The summed E-state index contributed by atoms with van der Waals surface area (Å²) in [4.78, 5) is 11.6. The molecule has 0 N–H and O–H groups in total. The number of benzene rings is 1. The van der Waals surface area contributed by atoms with Crippen molar-refractivity contribution in [2.45, 2.75) is 29.8 Å². The van der Waals surface area contributed by atoms with Crippen molar-refractivity contribution in [3.8, 4) is 0 Å². The van der Waals surface area contributed by atoms with Gasteiger partial charge >= 0.3 is 5.97 Å². The lowest BCUT2D eigenvalue weighted by Crippen LogP contribution is -2.11. The summed E-state index contributed by atoms with van der Waals surface area (Å²) in [5.74, 6) is -0.173. The van der Waals surface area contributed by atoms with Gasteiger partial charge in [-0.15, -0.1) is 0 Å². The van der Waals surface area contributed by atoms with Crippen LogP contribution in [0.25, 0.3) is 0 Å². The molecule has 0 unspecified atom stereocenters. The first-order valence-electron chi connectivity index (χ1n) is 5.18. The third kappa shape index (κ3) is 2.02. The zero-order valence-corrected chi connectivity index (χ0v) is 10.7. The van der Waals surface area contributed by atoms with Crippen LogP contribution in [-0.4, -0.2) is 9.89 Å². The van der Waals surface area contributed by atoms with Gasteiger partial charge in [-0.1, -0.05) is 54.1 Å². The molecule has 0 aromatic heterocycles. The summed E-state index contributed by atoms with van der Waals surface area (Å²) in [6.45, 7) is 2.15. The smallest absolute Gasteiger partial charge is 0.339 e. The quantitative estimate of drug-likeness (QED) is 0.485. The number of hydrogen-bond acceptors (Lipinski definition) is 2. The number of hydrogen-bond donors (Lipinski definition) is 0. The number of alkyl halides is 1. The Morgan fingerprint density at radius 2 is 2.20 bits per heavy atom. The minimum absolute atomic E-state index is 0.0470. The van der Waals surface area contributed by atoms with Crippen LogP contribution in [0.5, 0.6) is 0 Å². The minimum Gasteiger partial charge on any atom is -0.453 e. The van der Waals surface area contributed by atoms with E-state index in [1.165, 1.54) is 0 Å². The Balaban J connectivity index is 2.28. The van der Waals surface area contributed by atoms with Crippen molar-refractivity contribution < 1.29 is 9.53 Å². The van der Waals surface area contributed by atoms with Gasteiger partial charge in [0.2, 0.25) is 0 Å². The summed E-state index contributed by atoms with van der Waals surface area (Å²) in [5, 5.41) is 0. The molecule has 0 saturated carbocycles. The van der Waals surface area contributed by atoms with E-state index >= 15 is 0 Å². The van der Waals surface area contributed by atoms with E-state index in [1.807, 2.05) is 24.3 Å². The average Bonchev–Trinajstić information content (AvgIpc) is 2.58. The number of halogens is 1. The van der Waals surface area contributed by atoms with Crippen LogP contribution in [0, 0.1) is 0 Å². The Labute approximate surface area is 103 Å². The van der Waals surface area contributed by atoms with Crippen molar-refractivity contribution in [2.75, 3.05) is 0 Å². The monoisotopic (exact) mass is 316 g/mol. The molecule has 2 nitrogen and oxygen atoms in total. The first kappa shape index (κ1) is 10.9. The maximum atomic E-state index is 11.6. The molecule has 2 atom stereocenters. The number of carbonyl (C=O) groups excluding carboxylic acids is 1. The molecule has 2 rings (SSSR count). The van der Waals surface area contributed by atoms with Gasteiger partial charge in [0.25, 0.3) is 0 Å². The Kier molecular flexibility index (Phi) is 3.29. The summed E-state index contributed by atoms with van der Waals surface area (Å²) >= 11 is 2.37. The van der Waals surface area contributed by atoms with E-state index in [0.717, 1.165) is 24.0 Å². The lowest BCUT2D eigenvalue weighted by atomic mass is 10.0. The first-order valence-corrected chi connectivity index (χ1v) is 6.42. The first-order chi connectivity index (χ1) is 7.24. The molecule has 15 heavy (non-hydrogen) atoms. The van der Waals surface area contributed by atoms with Gasteiger partial charge in [0.15, 0.2) is 0 Å². The van der Waals surface area contributed by atoms with Gasteiger partial charge in [0.1, 0.15) is 6.10 Å². The Morgan fingerprint density at radius 1 is 1.47 bits per heavy atom. The molecule has 0 radical (unpaired) electrons. The van der Waals surface area contributed by atoms with E-state index in [1.54, 1.807) is 0 Å². The zero-order valence-electron chi connectivity index (χ0n) is 8.57. The van der Waals surface area contributed by atoms with Gasteiger partial charge in [0.05, 0.1) is 9.49 Å². The molecule has 0 spiro atoms. The van der Waals surface area contributed by atoms with Gasteiger partial charge in [0, 0.05) is 5.56 Å². The maximum Gasteiger partial charge on any atom is 0.339 e. The number of rotatable bonds is 3. The fourth-order valence-electron chi connectivity index (χ4n) is 1.87. The van der Waals surface area contributed by atoms with Crippen LogP contribution < -0.4 is 0 Å². The van der Waals surface area contributed by atoms with Gasteiger partial charge in [-0.25, -0.2) is 4.79 Å². The summed E-state index contributed by atoms with van der Waals surface area (Å²) in [6.07, 6.45) is 2.14. The third-order valence-corrected chi connectivity index (χ3v) is 3.89. The Morgan fingerprint density at radius 3 is 2.93 bits per heavy atom.